The molecule has 4 rings (SSSR count). The Morgan fingerprint density at radius 1 is 1.15 bits per heavy atom. The van der Waals surface area contributed by atoms with Gasteiger partial charge < -0.3 is 25.1 Å². The van der Waals surface area contributed by atoms with Crippen molar-refractivity contribution in [1.82, 2.24) is 24.1 Å². The molecule has 1 aliphatic rings. The molecule has 4 N–H and O–H groups in total. The van der Waals surface area contributed by atoms with Crippen molar-refractivity contribution < 1.29 is 9.59 Å². The van der Waals surface area contributed by atoms with Gasteiger partial charge in [-0.25, -0.2) is 9.52 Å². The number of aromatic nitrogens is 2. The molecule has 10 heteroatoms. The average Bonchev–Trinajstić information content (AvgIpc) is 3.41. The van der Waals surface area contributed by atoms with E-state index in [1.54, 1.807) is 15.9 Å². The van der Waals surface area contributed by atoms with Crippen molar-refractivity contribution in [2.75, 3.05) is 26.2 Å². The number of nitrogens with one attached hydrogen (secondary N) is 2. The molecule has 172 valence electrons. The van der Waals surface area contributed by atoms with Crippen LogP contribution in [0, 0.1) is 11.3 Å². The molecule has 0 aliphatic carbocycles. The van der Waals surface area contributed by atoms with Gasteiger partial charge in [0.1, 0.15) is 11.8 Å². The molecule has 1 unspecified atom stereocenters. The number of hydrogen-bond acceptors (Lipinski definition) is 5. The largest absolute Gasteiger partial charge is 0.361 e. The molecule has 3 heterocycles. The normalized spacial score (nSPS) is 15.2. The Balaban J connectivity index is 1.49. The van der Waals surface area contributed by atoms with E-state index in [-0.39, 0.29) is 5.91 Å². The summed E-state index contributed by atoms with van der Waals surface area (Å²) >= 11 is 1.44. The van der Waals surface area contributed by atoms with Crippen molar-refractivity contribution in [2.24, 2.45) is 5.73 Å². The van der Waals surface area contributed by atoms with E-state index >= 15 is 0 Å². The highest BCUT2D eigenvalue weighted by Gasteiger charge is 2.27. The lowest BCUT2D eigenvalue weighted by atomic mass is 10.2. The van der Waals surface area contributed by atoms with Gasteiger partial charge in [0.25, 0.3) is 0 Å². The van der Waals surface area contributed by atoms with Crippen LogP contribution in [0.25, 0.3) is 10.9 Å². The molecule has 1 aliphatic heterocycles. The Morgan fingerprint density at radius 3 is 2.79 bits per heavy atom. The summed E-state index contributed by atoms with van der Waals surface area (Å²) in [6.45, 7) is 2.54. The van der Waals surface area contributed by atoms with E-state index in [0.29, 0.717) is 51.3 Å². The van der Waals surface area contributed by atoms with Gasteiger partial charge in [0.05, 0.1) is 6.04 Å². The Morgan fingerprint density at radius 2 is 1.97 bits per heavy atom. The summed E-state index contributed by atoms with van der Waals surface area (Å²) in [7, 11) is 0. The molecular formula is C23H27N7O2S. The second-order valence-corrected chi connectivity index (χ2v) is 8.84. The lowest BCUT2D eigenvalue weighted by molar-refractivity contribution is -0.133. The third-order valence-electron chi connectivity index (χ3n) is 5.89. The molecule has 3 amide bonds. The van der Waals surface area contributed by atoms with Gasteiger partial charge in [0, 0.05) is 60.9 Å². The predicted molar refractivity (Wildman–Crippen MR) is 127 cm³/mol. The van der Waals surface area contributed by atoms with Gasteiger partial charge in [0.2, 0.25) is 5.91 Å². The lowest BCUT2D eigenvalue weighted by Gasteiger charge is -2.27. The summed E-state index contributed by atoms with van der Waals surface area (Å²) in [6.07, 6.45) is 4.96. The fraction of sp³-hybridized carbons (Fsp3) is 0.348. The second kappa shape index (κ2) is 10.5. The summed E-state index contributed by atoms with van der Waals surface area (Å²) in [5.41, 5.74) is 7.04. The van der Waals surface area contributed by atoms with E-state index in [0.717, 1.165) is 15.8 Å². The van der Waals surface area contributed by atoms with Gasteiger partial charge in [-0.2, -0.15) is 5.26 Å². The van der Waals surface area contributed by atoms with Crippen molar-refractivity contribution in [3.05, 3.63) is 54.5 Å². The van der Waals surface area contributed by atoms with Crippen LogP contribution in [0.4, 0.5) is 4.79 Å². The van der Waals surface area contributed by atoms with Crippen LogP contribution in [0.2, 0.25) is 0 Å². The van der Waals surface area contributed by atoms with E-state index in [9.17, 15) is 14.9 Å². The first-order valence-electron chi connectivity index (χ1n) is 10.9. The molecule has 1 aromatic carbocycles. The van der Waals surface area contributed by atoms with Crippen LogP contribution in [0.5, 0.6) is 0 Å². The van der Waals surface area contributed by atoms with Crippen molar-refractivity contribution in [3.8, 4) is 6.07 Å². The molecule has 0 saturated carbocycles. The third kappa shape index (κ3) is 5.32. The third-order valence-corrected chi connectivity index (χ3v) is 6.86. The molecule has 9 nitrogen and oxygen atoms in total. The maximum Gasteiger partial charge on any atom is 0.314 e. The predicted octanol–water partition coefficient (Wildman–Crippen LogP) is 2.51. The molecular weight excluding hydrogens is 438 g/mol. The molecule has 1 saturated heterocycles. The van der Waals surface area contributed by atoms with E-state index in [1.165, 1.54) is 11.9 Å². The summed E-state index contributed by atoms with van der Waals surface area (Å²) in [5.74, 6) is -0.0132. The van der Waals surface area contributed by atoms with Crippen molar-refractivity contribution >= 4 is 34.8 Å². The smallest absolute Gasteiger partial charge is 0.314 e. The number of H-pyrrole nitrogens is 1. The fourth-order valence-electron chi connectivity index (χ4n) is 4.07. The number of carbonyl (C=O) groups is 2. The van der Waals surface area contributed by atoms with E-state index in [2.05, 4.69) is 15.8 Å². The molecule has 1 atom stereocenters. The number of urea groups is 1. The minimum atomic E-state index is -0.460. The zero-order chi connectivity index (χ0) is 23.2. The molecule has 0 radical (unpaired) electrons. The Hall–Kier alpha value is -3.42. The zero-order valence-corrected chi connectivity index (χ0v) is 19.1. The maximum absolute atomic E-state index is 13.5. The summed E-state index contributed by atoms with van der Waals surface area (Å²) in [6, 6.07) is 12.9. The van der Waals surface area contributed by atoms with Crippen molar-refractivity contribution in [3.63, 3.8) is 0 Å². The van der Waals surface area contributed by atoms with Crippen molar-refractivity contribution in [1.29, 1.82) is 5.26 Å². The van der Waals surface area contributed by atoms with Gasteiger partial charge in [-0.1, -0.05) is 6.07 Å². The molecule has 3 aromatic rings. The molecule has 0 bridgehead atoms. The molecule has 0 spiro atoms. The number of rotatable bonds is 7. The van der Waals surface area contributed by atoms with Crippen LogP contribution in [0.15, 0.2) is 53.7 Å². The van der Waals surface area contributed by atoms with Gasteiger partial charge >= 0.3 is 6.03 Å². The number of benzene rings is 1. The van der Waals surface area contributed by atoms with Crippen LogP contribution < -0.4 is 10.5 Å². The monoisotopic (exact) mass is 465 g/mol. The first-order chi connectivity index (χ1) is 16.1. The molecule has 33 heavy (non-hydrogen) atoms. The quantitative estimate of drug-likeness (QED) is 0.463. The average molecular weight is 466 g/mol. The topological polar surface area (TPSA) is 123 Å². The number of primary amides is 1. The van der Waals surface area contributed by atoms with Gasteiger partial charge in [-0.15, -0.1) is 0 Å². The van der Waals surface area contributed by atoms with Crippen LogP contribution >= 0.6 is 11.9 Å². The lowest BCUT2D eigenvalue weighted by Crippen LogP contribution is -2.46. The summed E-state index contributed by atoms with van der Waals surface area (Å²) in [4.78, 5) is 32.7. The molecule has 2 aromatic heterocycles. The van der Waals surface area contributed by atoms with Crippen LogP contribution in [0.3, 0.4) is 0 Å². The minimum absolute atomic E-state index is 0.0132. The number of nitriles is 1. The number of aryl methyl sites for hydroxylation is 1. The van der Waals surface area contributed by atoms with Crippen LogP contribution in [-0.4, -0.2) is 63.5 Å². The first kappa shape index (κ1) is 22.8. The second-order valence-electron chi connectivity index (χ2n) is 7.96. The number of hydrogen-bond donors (Lipinski definition) is 3. The number of nitrogens with two attached hydrogens (primary N) is 1. The minimum Gasteiger partial charge on any atom is -0.361 e. The highest BCUT2D eigenvalue weighted by atomic mass is 32.2. The molecule has 1 fully saturated rings. The Labute approximate surface area is 196 Å². The van der Waals surface area contributed by atoms with Gasteiger partial charge in [-0.05, 0) is 55.1 Å². The number of nitrogens with zero attached hydrogens (tertiary/aromatic N) is 4. The van der Waals surface area contributed by atoms with Crippen molar-refractivity contribution in [2.45, 2.75) is 30.3 Å². The number of amides is 3. The number of carbonyl (C=O) groups excluding carboxylic acids is 2. The fourth-order valence-corrected chi connectivity index (χ4v) is 4.99. The highest BCUT2D eigenvalue weighted by Crippen LogP contribution is 2.26. The van der Waals surface area contributed by atoms with Gasteiger partial charge in [-0.3, -0.25) is 4.79 Å². The SMILES string of the molecule is N#Cc1cccn1CCC(NSc1cccc2[nH]ccc12)C(=O)N1CCCN(C(N)=O)CC1. The van der Waals surface area contributed by atoms with E-state index < -0.39 is 12.1 Å². The van der Waals surface area contributed by atoms with E-state index in [4.69, 9.17) is 5.73 Å². The van der Waals surface area contributed by atoms with Crippen LogP contribution in [-0.2, 0) is 11.3 Å². The first-order valence-corrected chi connectivity index (χ1v) is 11.8. The standard InChI is InChI=1S/C23H27N7O2S/c24-16-17-4-2-10-28(17)13-8-20(22(31)29-11-3-12-30(15-14-29)23(25)32)27-33-21-6-1-5-19-18(21)7-9-26-19/h1-2,4-7,9-10,20,26-27H,3,8,11-15H2,(H2,25,32). The maximum atomic E-state index is 13.5. The van der Waals surface area contributed by atoms with Crippen LogP contribution in [0.1, 0.15) is 18.5 Å². The number of aromatic amines is 1. The Bertz CT molecular complexity index is 1160. The van der Waals surface area contributed by atoms with Gasteiger partial charge in [0.15, 0.2) is 0 Å². The summed E-state index contributed by atoms with van der Waals surface area (Å²) in [5, 5.41) is 10.4. The summed E-state index contributed by atoms with van der Waals surface area (Å²) < 4.78 is 5.24. The zero-order valence-electron chi connectivity index (χ0n) is 18.2. The Kier molecular flexibility index (Phi) is 7.22. The number of fused-ring (bicyclic) bond motifs is 1. The van der Waals surface area contributed by atoms with E-state index in [1.807, 2.05) is 47.3 Å². The highest BCUT2D eigenvalue weighted by molar-refractivity contribution is 7.97.